The van der Waals surface area contributed by atoms with Crippen molar-refractivity contribution >= 4 is 23.6 Å². The average Bonchev–Trinajstić information content (AvgIpc) is 3.34. The number of pyridine rings is 1. The van der Waals surface area contributed by atoms with Gasteiger partial charge in [0.05, 0.1) is 25.2 Å². The van der Waals surface area contributed by atoms with Crippen molar-refractivity contribution < 1.29 is 36.6 Å². The number of carbonyl (C=O) groups is 2. The van der Waals surface area contributed by atoms with E-state index in [0.717, 1.165) is 29.2 Å². The molecule has 2 fully saturated rings. The minimum Gasteiger partial charge on any atom is -0.471 e. The van der Waals surface area contributed by atoms with Gasteiger partial charge in [0, 0.05) is 48.0 Å². The fourth-order valence-electron chi connectivity index (χ4n) is 4.42. The third-order valence-electron chi connectivity index (χ3n) is 6.66. The maximum absolute atomic E-state index is 15.1. The number of thioether (sulfide) groups is 1. The summed E-state index contributed by atoms with van der Waals surface area (Å²) in [5.41, 5.74) is 7.41. The number of amides is 2. The lowest BCUT2D eigenvalue weighted by molar-refractivity contribution is -0.274. The Bertz CT molecular complexity index is 1380. The van der Waals surface area contributed by atoms with Crippen LogP contribution in [0.5, 0.6) is 11.6 Å². The summed E-state index contributed by atoms with van der Waals surface area (Å²) < 4.78 is 63.5. The lowest BCUT2D eigenvalue weighted by Crippen LogP contribution is -2.49. The van der Waals surface area contributed by atoms with Crippen LogP contribution in [0.1, 0.15) is 28.4 Å². The van der Waals surface area contributed by atoms with Crippen molar-refractivity contribution in [2.75, 3.05) is 24.6 Å². The summed E-state index contributed by atoms with van der Waals surface area (Å²) >= 11 is 1.83. The van der Waals surface area contributed by atoms with Crippen LogP contribution in [-0.2, 0) is 11.2 Å². The third-order valence-corrected chi connectivity index (χ3v) is 7.90. The first-order chi connectivity index (χ1) is 19.1. The number of hydrogen-bond acceptors (Lipinski definition) is 7. The molecule has 0 radical (unpaired) electrons. The minimum absolute atomic E-state index is 0.00750. The Kier molecular flexibility index (Phi) is 7.88. The SMILES string of the molecule is NC(=O)c1cc(-c2cnn(C3CSC3)c2)cnc1O[C@H]1CCN(C(=O)Cc2ccc(OC(F)(F)F)cc2)C[C@H]1F. The van der Waals surface area contributed by atoms with Crippen LogP contribution in [0.25, 0.3) is 11.1 Å². The van der Waals surface area contributed by atoms with Crippen LogP contribution in [0.15, 0.2) is 48.9 Å². The van der Waals surface area contributed by atoms with Crippen LogP contribution in [0.3, 0.4) is 0 Å². The normalized spacial score (nSPS) is 19.6. The molecule has 14 heteroatoms. The van der Waals surface area contributed by atoms with Crippen molar-refractivity contribution in [1.29, 1.82) is 0 Å². The number of halogens is 4. The van der Waals surface area contributed by atoms with Gasteiger partial charge in [-0.15, -0.1) is 13.2 Å². The smallest absolute Gasteiger partial charge is 0.471 e. The molecule has 1 aromatic carbocycles. The van der Waals surface area contributed by atoms with Gasteiger partial charge in [-0.1, -0.05) is 12.1 Å². The molecule has 2 aromatic heterocycles. The fourth-order valence-corrected chi connectivity index (χ4v) is 5.18. The number of carbonyl (C=O) groups excluding carboxylic acids is 2. The highest BCUT2D eigenvalue weighted by molar-refractivity contribution is 8.00. The Morgan fingerprint density at radius 1 is 1.12 bits per heavy atom. The molecule has 0 unspecified atom stereocenters. The first kappa shape index (κ1) is 27.7. The number of primary amides is 1. The molecule has 5 rings (SSSR count). The zero-order valence-corrected chi connectivity index (χ0v) is 21.8. The molecule has 2 atom stereocenters. The summed E-state index contributed by atoms with van der Waals surface area (Å²) in [6.45, 7) is -0.0663. The highest BCUT2D eigenvalue weighted by atomic mass is 32.2. The first-order valence-corrected chi connectivity index (χ1v) is 13.6. The van der Waals surface area contributed by atoms with Gasteiger partial charge in [-0.25, -0.2) is 9.37 Å². The van der Waals surface area contributed by atoms with Gasteiger partial charge in [-0.2, -0.15) is 16.9 Å². The lowest BCUT2D eigenvalue weighted by Gasteiger charge is -2.34. The molecule has 2 aliphatic heterocycles. The molecule has 2 aliphatic rings. The Labute approximate surface area is 230 Å². The molecule has 212 valence electrons. The van der Waals surface area contributed by atoms with Gasteiger partial charge in [-0.3, -0.25) is 14.3 Å². The number of nitrogens with zero attached hydrogens (tertiary/aromatic N) is 4. The second-order valence-electron chi connectivity index (χ2n) is 9.51. The van der Waals surface area contributed by atoms with E-state index in [1.165, 1.54) is 23.2 Å². The van der Waals surface area contributed by atoms with Crippen molar-refractivity contribution in [2.24, 2.45) is 5.73 Å². The van der Waals surface area contributed by atoms with E-state index in [1.54, 1.807) is 12.3 Å². The van der Waals surface area contributed by atoms with Gasteiger partial charge in [0.25, 0.3) is 5.91 Å². The van der Waals surface area contributed by atoms with Gasteiger partial charge in [0.2, 0.25) is 11.8 Å². The first-order valence-electron chi connectivity index (χ1n) is 12.4. The molecule has 3 aromatic rings. The molecule has 0 bridgehead atoms. The van der Waals surface area contributed by atoms with Crippen LogP contribution in [0, 0.1) is 0 Å². The Morgan fingerprint density at radius 3 is 2.50 bits per heavy atom. The predicted molar refractivity (Wildman–Crippen MR) is 138 cm³/mol. The van der Waals surface area contributed by atoms with Crippen molar-refractivity contribution in [2.45, 2.75) is 37.5 Å². The van der Waals surface area contributed by atoms with Crippen molar-refractivity contribution in [3.05, 3.63) is 60.0 Å². The van der Waals surface area contributed by atoms with Gasteiger partial charge >= 0.3 is 6.36 Å². The highest BCUT2D eigenvalue weighted by Gasteiger charge is 2.34. The van der Waals surface area contributed by atoms with Crippen LogP contribution in [0.4, 0.5) is 17.6 Å². The Balaban J connectivity index is 1.19. The molecular formula is C26H25F4N5O4S. The molecule has 2 amide bonds. The van der Waals surface area contributed by atoms with E-state index in [9.17, 15) is 22.8 Å². The second kappa shape index (κ2) is 11.4. The number of likely N-dealkylation sites (tertiary alicyclic amines) is 1. The van der Waals surface area contributed by atoms with Gasteiger partial charge in [0.1, 0.15) is 17.4 Å². The van der Waals surface area contributed by atoms with E-state index in [0.29, 0.717) is 17.2 Å². The number of benzene rings is 1. The van der Waals surface area contributed by atoms with E-state index in [1.807, 2.05) is 22.6 Å². The quantitative estimate of drug-likeness (QED) is 0.404. The van der Waals surface area contributed by atoms with Crippen molar-refractivity contribution in [1.82, 2.24) is 19.7 Å². The maximum atomic E-state index is 15.1. The van der Waals surface area contributed by atoms with Crippen molar-refractivity contribution in [3.63, 3.8) is 0 Å². The van der Waals surface area contributed by atoms with E-state index in [2.05, 4.69) is 14.8 Å². The van der Waals surface area contributed by atoms with Crippen LogP contribution < -0.4 is 15.2 Å². The van der Waals surface area contributed by atoms with Gasteiger partial charge < -0.3 is 20.1 Å². The monoisotopic (exact) mass is 579 g/mol. The van der Waals surface area contributed by atoms with Crippen LogP contribution in [-0.4, -0.2) is 74.7 Å². The molecule has 2 N–H and O–H groups in total. The molecular weight excluding hydrogens is 554 g/mol. The molecule has 0 saturated carbocycles. The average molecular weight is 580 g/mol. The van der Waals surface area contributed by atoms with Gasteiger partial charge in [0.15, 0.2) is 6.17 Å². The largest absolute Gasteiger partial charge is 0.573 e. The topological polar surface area (TPSA) is 113 Å². The summed E-state index contributed by atoms with van der Waals surface area (Å²) in [5.74, 6) is 0.328. The molecule has 4 heterocycles. The number of nitrogens with two attached hydrogens (primary N) is 1. The summed E-state index contributed by atoms with van der Waals surface area (Å²) in [7, 11) is 0. The number of aromatic nitrogens is 3. The lowest BCUT2D eigenvalue weighted by atomic mass is 10.0. The standard InChI is InChI=1S/C26H25F4N5O4S/c27-21-12-34(23(36)7-15-1-3-19(4-2-15)39-26(28,29)30)6-5-22(21)38-25-20(24(31)37)8-16(9-32-25)17-10-33-35(11-17)18-13-40-14-18/h1-4,8-11,18,21-22H,5-7,12-14H2,(H2,31,37)/t21-,22+/m1/s1. The van der Waals surface area contributed by atoms with E-state index in [4.69, 9.17) is 10.5 Å². The van der Waals surface area contributed by atoms with E-state index in [-0.39, 0.29) is 43.3 Å². The Hall–Kier alpha value is -3.81. The minimum atomic E-state index is -4.81. The second-order valence-corrected chi connectivity index (χ2v) is 10.6. The summed E-state index contributed by atoms with van der Waals surface area (Å²) in [5, 5.41) is 4.38. The van der Waals surface area contributed by atoms with Crippen LogP contribution >= 0.6 is 11.8 Å². The van der Waals surface area contributed by atoms with Crippen LogP contribution in [0.2, 0.25) is 0 Å². The van der Waals surface area contributed by atoms with E-state index >= 15 is 4.39 Å². The number of piperidine rings is 1. The summed E-state index contributed by atoms with van der Waals surface area (Å²) in [6.07, 6.45) is -2.25. The predicted octanol–water partition coefficient (Wildman–Crippen LogP) is 3.79. The fraction of sp³-hybridized carbons (Fsp3) is 0.385. The summed E-state index contributed by atoms with van der Waals surface area (Å²) in [4.78, 5) is 30.4. The number of ether oxygens (including phenoxy) is 2. The maximum Gasteiger partial charge on any atom is 0.573 e. The Morgan fingerprint density at radius 2 is 1.88 bits per heavy atom. The molecule has 9 nitrogen and oxygen atoms in total. The molecule has 40 heavy (non-hydrogen) atoms. The van der Waals surface area contributed by atoms with E-state index < -0.39 is 30.3 Å². The van der Waals surface area contributed by atoms with Gasteiger partial charge in [-0.05, 0) is 23.8 Å². The molecule has 0 aliphatic carbocycles. The number of hydrogen-bond donors (Lipinski definition) is 1. The molecule has 2 saturated heterocycles. The zero-order valence-electron chi connectivity index (χ0n) is 21.0. The number of rotatable bonds is 8. The summed E-state index contributed by atoms with van der Waals surface area (Å²) in [6, 6.07) is 6.80. The number of alkyl halides is 4. The van der Waals surface area contributed by atoms with Crippen molar-refractivity contribution in [3.8, 4) is 22.8 Å². The molecule has 0 spiro atoms. The zero-order chi connectivity index (χ0) is 28.4. The highest BCUT2D eigenvalue weighted by Crippen LogP contribution is 2.32. The third kappa shape index (κ3) is 6.49.